The Morgan fingerprint density at radius 2 is 1.84 bits per heavy atom. The van der Waals surface area contributed by atoms with Crippen molar-refractivity contribution in [3.8, 4) is 5.75 Å². The molecule has 1 atom stereocenters. The third kappa shape index (κ3) is 4.34. The van der Waals surface area contributed by atoms with Gasteiger partial charge in [-0.3, -0.25) is 9.59 Å². The fraction of sp³-hybridized carbons (Fsp3) is 0.231. The fourth-order valence-electron chi connectivity index (χ4n) is 4.03. The van der Waals surface area contributed by atoms with Gasteiger partial charge < -0.3 is 15.0 Å². The summed E-state index contributed by atoms with van der Waals surface area (Å²) in [5.74, 6) is 0.226. The Bertz CT molecular complexity index is 1170. The zero-order valence-electron chi connectivity index (χ0n) is 18.3. The Kier molecular flexibility index (Phi) is 6.19. The minimum absolute atomic E-state index is 0.0566. The van der Waals surface area contributed by atoms with E-state index in [9.17, 15) is 9.59 Å². The highest BCUT2D eigenvalue weighted by Gasteiger charge is 2.34. The summed E-state index contributed by atoms with van der Waals surface area (Å²) >= 11 is 6.19. The predicted molar refractivity (Wildman–Crippen MR) is 126 cm³/mol. The molecule has 3 aromatic carbocycles. The number of rotatable bonds is 6. The Hall–Kier alpha value is -3.31. The van der Waals surface area contributed by atoms with Gasteiger partial charge in [0, 0.05) is 23.2 Å². The third-order valence-electron chi connectivity index (χ3n) is 5.82. The molecule has 6 heteroatoms. The molecule has 1 heterocycles. The van der Waals surface area contributed by atoms with Gasteiger partial charge in [0.25, 0.3) is 5.91 Å². The maximum Gasteiger partial charge on any atom is 0.255 e. The SMILES string of the molecule is COc1cc(Cl)c(C)cc1NC(=O)CC(c1ccc(C)cc1)N1Cc2ccccc2C1=O. The summed E-state index contributed by atoms with van der Waals surface area (Å²) < 4.78 is 5.38. The van der Waals surface area contributed by atoms with E-state index in [0.717, 1.165) is 22.3 Å². The van der Waals surface area contributed by atoms with Gasteiger partial charge in [-0.05, 0) is 42.7 Å². The molecule has 1 N–H and O–H groups in total. The van der Waals surface area contributed by atoms with Gasteiger partial charge in [0.15, 0.2) is 0 Å². The van der Waals surface area contributed by atoms with Crippen LogP contribution in [-0.2, 0) is 11.3 Å². The van der Waals surface area contributed by atoms with E-state index in [4.69, 9.17) is 16.3 Å². The van der Waals surface area contributed by atoms with Crippen molar-refractivity contribution in [2.24, 2.45) is 0 Å². The first-order valence-electron chi connectivity index (χ1n) is 10.5. The van der Waals surface area contributed by atoms with Crippen LogP contribution in [-0.4, -0.2) is 23.8 Å². The van der Waals surface area contributed by atoms with E-state index in [1.807, 2.05) is 62.4 Å². The molecule has 5 nitrogen and oxygen atoms in total. The molecule has 0 aromatic heterocycles. The van der Waals surface area contributed by atoms with Crippen molar-refractivity contribution in [3.05, 3.63) is 93.5 Å². The summed E-state index contributed by atoms with van der Waals surface area (Å²) in [7, 11) is 1.53. The van der Waals surface area contributed by atoms with Crippen molar-refractivity contribution in [2.45, 2.75) is 32.9 Å². The number of aryl methyl sites for hydroxylation is 2. The Morgan fingerprint density at radius 3 is 2.53 bits per heavy atom. The smallest absolute Gasteiger partial charge is 0.255 e. The lowest BCUT2D eigenvalue weighted by Gasteiger charge is -2.28. The number of methoxy groups -OCH3 is 1. The quantitative estimate of drug-likeness (QED) is 0.526. The molecule has 0 spiro atoms. The normalized spacial score (nSPS) is 13.6. The number of nitrogens with zero attached hydrogens (tertiary/aromatic N) is 1. The van der Waals surface area contributed by atoms with Crippen LogP contribution in [0.25, 0.3) is 0 Å². The lowest BCUT2D eigenvalue weighted by Crippen LogP contribution is -2.32. The molecular formula is C26H25ClN2O3. The molecule has 3 aromatic rings. The van der Waals surface area contributed by atoms with Gasteiger partial charge in [0.05, 0.1) is 25.3 Å². The van der Waals surface area contributed by atoms with E-state index in [0.29, 0.717) is 28.6 Å². The monoisotopic (exact) mass is 448 g/mol. The summed E-state index contributed by atoms with van der Waals surface area (Å²) in [6.45, 7) is 4.36. The molecule has 0 radical (unpaired) electrons. The Labute approximate surface area is 193 Å². The Balaban J connectivity index is 1.62. The standard InChI is InChI=1S/C26H25ClN2O3/c1-16-8-10-18(11-9-16)23(29-15-19-6-4-5-7-20(19)26(29)31)14-25(30)28-22-12-17(2)21(27)13-24(22)32-3/h4-13,23H,14-15H2,1-3H3,(H,28,30). The van der Waals surface area contributed by atoms with Crippen molar-refractivity contribution < 1.29 is 14.3 Å². The number of halogens is 1. The average Bonchev–Trinajstić information content (AvgIpc) is 3.11. The lowest BCUT2D eigenvalue weighted by molar-refractivity contribution is -0.117. The van der Waals surface area contributed by atoms with Gasteiger partial charge in [-0.25, -0.2) is 0 Å². The number of anilines is 1. The number of carbonyl (C=O) groups is 2. The number of benzene rings is 3. The summed E-state index contributed by atoms with van der Waals surface area (Å²) in [4.78, 5) is 28.1. The van der Waals surface area contributed by atoms with Gasteiger partial charge in [-0.15, -0.1) is 0 Å². The second-order valence-electron chi connectivity index (χ2n) is 8.07. The second-order valence-corrected chi connectivity index (χ2v) is 8.48. The maximum atomic E-state index is 13.2. The summed E-state index contributed by atoms with van der Waals surface area (Å²) in [6, 6.07) is 18.6. The molecule has 4 rings (SSSR count). The van der Waals surface area contributed by atoms with Crippen LogP contribution in [0.4, 0.5) is 5.69 Å². The third-order valence-corrected chi connectivity index (χ3v) is 6.23. The van der Waals surface area contributed by atoms with E-state index in [2.05, 4.69) is 5.32 Å². The van der Waals surface area contributed by atoms with E-state index in [-0.39, 0.29) is 18.2 Å². The van der Waals surface area contributed by atoms with Gasteiger partial charge in [-0.1, -0.05) is 59.6 Å². The largest absolute Gasteiger partial charge is 0.495 e. The van der Waals surface area contributed by atoms with Gasteiger partial charge in [0.2, 0.25) is 5.91 Å². The number of amides is 2. The topological polar surface area (TPSA) is 58.6 Å². The zero-order valence-corrected chi connectivity index (χ0v) is 19.1. The van der Waals surface area contributed by atoms with Crippen molar-refractivity contribution in [2.75, 3.05) is 12.4 Å². The van der Waals surface area contributed by atoms with Crippen LogP contribution in [0.1, 0.15) is 45.1 Å². The Morgan fingerprint density at radius 1 is 1.12 bits per heavy atom. The van der Waals surface area contributed by atoms with Crippen LogP contribution in [0.5, 0.6) is 5.75 Å². The maximum absolute atomic E-state index is 13.2. The molecule has 0 bridgehead atoms. The van der Waals surface area contributed by atoms with Crippen molar-refractivity contribution in [1.29, 1.82) is 0 Å². The first-order valence-corrected chi connectivity index (χ1v) is 10.8. The average molecular weight is 449 g/mol. The molecule has 0 saturated heterocycles. The van der Waals surface area contributed by atoms with Crippen LogP contribution < -0.4 is 10.1 Å². The highest BCUT2D eigenvalue weighted by molar-refractivity contribution is 6.31. The fourth-order valence-corrected chi connectivity index (χ4v) is 4.19. The number of ether oxygens (including phenoxy) is 1. The van der Waals surface area contributed by atoms with Crippen LogP contribution in [0.3, 0.4) is 0 Å². The molecule has 0 saturated carbocycles. The summed E-state index contributed by atoms with van der Waals surface area (Å²) in [6.07, 6.45) is 0.119. The first-order chi connectivity index (χ1) is 15.4. The number of nitrogens with one attached hydrogen (secondary N) is 1. The molecule has 1 aliphatic heterocycles. The van der Waals surface area contributed by atoms with Gasteiger partial charge in [-0.2, -0.15) is 0 Å². The van der Waals surface area contributed by atoms with E-state index < -0.39 is 6.04 Å². The van der Waals surface area contributed by atoms with Crippen LogP contribution in [0.2, 0.25) is 5.02 Å². The van der Waals surface area contributed by atoms with Crippen LogP contribution in [0.15, 0.2) is 60.7 Å². The van der Waals surface area contributed by atoms with Crippen molar-refractivity contribution in [3.63, 3.8) is 0 Å². The summed E-state index contributed by atoms with van der Waals surface area (Å²) in [5.41, 5.74) is 5.10. The highest BCUT2D eigenvalue weighted by Crippen LogP contribution is 2.35. The molecule has 0 aliphatic carbocycles. The zero-order chi connectivity index (χ0) is 22.8. The minimum atomic E-state index is -0.394. The number of carbonyl (C=O) groups excluding carboxylic acids is 2. The number of hydrogen-bond acceptors (Lipinski definition) is 3. The predicted octanol–water partition coefficient (Wildman–Crippen LogP) is 5.69. The van der Waals surface area contributed by atoms with Gasteiger partial charge in [0.1, 0.15) is 5.75 Å². The van der Waals surface area contributed by atoms with Gasteiger partial charge >= 0.3 is 0 Å². The molecule has 32 heavy (non-hydrogen) atoms. The first kappa shape index (κ1) is 21.9. The molecule has 2 amide bonds. The number of fused-ring (bicyclic) bond motifs is 1. The summed E-state index contributed by atoms with van der Waals surface area (Å²) in [5, 5.41) is 3.51. The van der Waals surface area contributed by atoms with Crippen LogP contribution >= 0.6 is 11.6 Å². The molecule has 164 valence electrons. The minimum Gasteiger partial charge on any atom is -0.495 e. The molecule has 1 unspecified atom stereocenters. The highest BCUT2D eigenvalue weighted by atomic mass is 35.5. The van der Waals surface area contributed by atoms with Crippen molar-refractivity contribution >= 4 is 29.1 Å². The van der Waals surface area contributed by atoms with E-state index in [1.165, 1.54) is 7.11 Å². The molecular weight excluding hydrogens is 424 g/mol. The van der Waals surface area contributed by atoms with Crippen LogP contribution in [0, 0.1) is 13.8 Å². The van der Waals surface area contributed by atoms with Crippen molar-refractivity contribution in [1.82, 2.24) is 4.90 Å². The van der Waals surface area contributed by atoms with E-state index in [1.54, 1.807) is 17.0 Å². The number of hydrogen-bond donors (Lipinski definition) is 1. The molecule has 0 fully saturated rings. The lowest BCUT2D eigenvalue weighted by atomic mass is 10.00. The molecule has 1 aliphatic rings. The second kappa shape index (κ2) is 9.05. The van der Waals surface area contributed by atoms with E-state index >= 15 is 0 Å².